The van der Waals surface area contributed by atoms with Crippen LogP contribution in [0.5, 0.6) is 17.2 Å². The molecule has 5 nitrogen and oxygen atoms in total. The van der Waals surface area contributed by atoms with E-state index in [0.29, 0.717) is 17.2 Å². The number of nitrogens with zero attached hydrogens (tertiary/aromatic N) is 1. The van der Waals surface area contributed by atoms with Gasteiger partial charge in [-0.25, -0.2) is 0 Å². The van der Waals surface area contributed by atoms with Gasteiger partial charge in [0, 0.05) is 39.9 Å². The Morgan fingerprint density at radius 3 is 2.16 bits per heavy atom. The Labute approximate surface area is 190 Å². The van der Waals surface area contributed by atoms with E-state index in [-0.39, 0.29) is 6.04 Å². The van der Waals surface area contributed by atoms with Gasteiger partial charge in [-0.2, -0.15) is 0 Å². The molecule has 0 aliphatic rings. The third kappa shape index (κ3) is 3.95. The third-order valence-corrected chi connectivity index (χ3v) is 6.02. The molecule has 0 aliphatic carbocycles. The number of halogens is 1. The van der Waals surface area contributed by atoms with Gasteiger partial charge in [0.1, 0.15) is 0 Å². The van der Waals surface area contributed by atoms with Crippen molar-refractivity contribution in [3.8, 4) is 17.2 Å². The lowest BCUT2D eigenvalue weighted by Crippen LogP contribution is -2.25. The van der Waals surface area contributed by atoms with E-state index in [0.717, 1.165) is 32.2 Å². The number of ether oxygens (including phenoxy) is 3. The molecule has 1 atom stereocenters. The summed E-state index contributed by atoms with van der Waals surface area (Å²) in [4.78, 5) is 5.67. The number of benzene rings is 3. The fourth-order valence-corrected chi connectivity index (χ4v) is 4.38. The third-order valence-electron chi connectivity index (χ3n) is 5.52. The molecule has 0 aliphatic heterocycles. The van der Waals surface area contributed by atoms with E-state index in [4.69, 9.17) is 14.2 Å². The predicted molar refractivity (Wildman–Crippen MR) is 129 cm³/mol. The molecule has 4 aromatic rings. The maximum Gasteiger partial charge on any atom is 0.203 e. The van der Waals surface area contributed by atoms with Crippen LogP contribution in [-0.2, 0) is 0 Å². The molecule has 1 heterocycles. The first kappa shape index (κ1) is 21.1. The van der Waals surface area contributed by atoms with Crippen LogP contribution in [0.1, 0.15) is 17.2 Å². The highest BCUT2D eigenvalue weighted by molar-refractivity contribution is 9.10. The average molecular weight is 481 g/mol. The molecule has 6 heteroatoms. The van der Waals surface area contributed by atoms with E-state index in [1.807, 2.05) is 36.4 Å². The molecular formula is C25H25BrN2O3. The Balaban J connectivity index is 1.96. The molecule has 0 radical (unpaired) electrons. The number of rotatable bonds is 7. The standard InChI is InChI=1S/C25H25BrN2O3/c1-28(18-8-6-5-7-9-18)24(20-15-27-21-11-10-17(26)14-19(20)21)16-12-22(29-2)25(31-4)23(13-16)30-3/h5-15,24,27H,1-4H3. The largest absolute Gasteiger partial charge is 0.493 e. The van der Waals surface area contributed by atoms with Crippen molar-refractivity contribution in [2.45, 2.75) is 6.04 Å². The molecule has 1 N–H and O–H groups in total. The highest BCUT2D eigenvalue weighted by Gasteiger charge is 2.26. The second-order valence-electron chi connectivity index (χ2n) is 7.24. The first-order chi connectivity index (χ1) is 15.1. The van der Waals surface area contributed by atoms with Gasteiger partial charge in [0.15, 0.2) is 11.5 Å². The number of hydrogen-bond donors (Lipinski definition) is 1. The minimum atomic E-state index is -0.0980. The Morgan fingerprint density at radius 2 is 1.55 bits per heavy atom. The number of anilines is 1. The van der Waals surface area contributed by atoms with Crippen LogP contribution < -0.4 is 19.1 Å². The van der Waals surface area contributed by atoms with E-state index >= 15 is 0 Å². The smallest absolute Gasteiger partial charge is 0.203 e. The van der Waals surface area contributed by atoms with Crippen molar-refractivity contribution in [2.24, 2.45) is 0 Å². The minimum absolute atomic E-state index is 0.0980. The zero-order valence-corrected chi connectivity index (χ0v) is 19.6. The molecule has 160 valence electrons. The van der Waals surface area contributed by atoms with Crippen LogP contribution in [0.3, 0.4) is 0 Å². The molecule has 0 saturated heterocycles. The van der Waals surface area contributed by atoms with Crippen LogP contribution in [0.4, 0.5) is 5.69 Å². The molecule has 4 rings (SSSR count). The molecule has 3 aromatic carbocycles. The summed E-state index contributed by atoms with van der Waals surface area (Å²) in [5.74, 6) is 1.84. The Morgan fingerprint density at radius 1 is 0.871 bits per heavy atom. The summed E-state index contributed by atoms with van der Waals surface area (Å²) in [6, 6.07) is 20.5. The lowest BCUT2D eigenvalue weighted by atomic mass is 9.95. The monoisotopic (exact) mass is 480 g/mol. The van der Waals surface area contributed by atoms with Gasteiger partial charge in [0.25, 0.3) is 0 Å². The summed E-state index contributed by atoms with van der Waals surface area (Å²) in [7, 11) is 6.99. The topological polar surface area (TPSA) is 46.7 Å². The summed E-state index contributed by atoms with van der Waals surface area (Å²) < 4.78 is 17.9. The van der Waals surface area contributed by atoms with Gasteiger partial charge in [-0.15, -0.1) is 0 Å². The summed E-state index contributed by atoms with van der Waals surface area (Å²) >= 11 is 3.62. The van der Waals surface area contributed by atoms with E-state index in [2.05, 4.69) is 63.3 Å². The number of fused-ring (bicyclic) bond motifs is 1. The van der Waals surface area contributed by atoms with Gasteiger partial charge in [-0.1, -0.05) is 34.1 Å². The van der Waals surface area contributed by atoms with Gasteiger partial charge < -0.3 is 24.1 Å². The number of H-pyrrole nitrogens is 1. The van der Waals surface area contributed by atoms with Crippen LogP contribution in [-0.4, -0.2) is 33.4 Å². The van der Waals surface area contributed by atoms with E-state index in [1.165, 1.54) is 0 Å². The zero-order chi connectivity index (χ0) is 22.0. The van der Waals surface area contributed by atoms with Crippen molar-refractivity contribution in [1.29, 1.82) is 0 Å². The fraction of sp³-hybridized carbons (Fsp3) is 0.200. The first-order valence-electron chi connectivity index (χ1n) is 9.91. The summed E-state index contributed by atoms with van der Waals surface area (Å²) in [6.07, 6.45) is 2.07. The highest BCUT2D eigenvalue weighted by atomic mass is 79.9. The van der Waals surface area contributed by atoms with Crippen molar-refractivity contribution >= 4 is 32.5 Å². The van der Waals surface area contributed by atoms with Crippen molar-refractivity contribution in [3.05, 3.63) is 82.5 Å². The van der Waals surface area contributed by atoms with E-state index < -0.39 is 0 Å². The summed E-state index contributed by atoms with van der Waals surface area (Å²) in [5, 5.41) is 1.15. The second-order valence-corrected chi connectivity index (χ2v) is 8.16. The molecule has 31 heavy (non-hydrogen) atoms. The van der Waals surface area contributed by atoms with Crippen molar-refractivity contribution in [2.75, 3.05) is 33.3 Å². The van der Waals surface area contributed by atoms with Crippen molar-refractivity contribution < 1.29 is 14.2 Å². The fourth-order valence-electron chi connectivity index (χ4n) is 4.02. The van der Waals surface area contributed by atoms with Crippen LogP contribution >= 0.6 is 15.9 Å². The van der Waals surface area contributed by atoms with Gasteiger partial charge in [0.05, 0.1) is 27.4 Å². The van der Waals surface area contributed by atoms with E-state index in [1.54, 1.807) is 21.3 Å². The molecule has 0 spiro atoms. The lowest BCUT2D eigenvalue weighted by Gasteiger charge is -2.31. The quantitative estimate of drug-likeness (QED) is 0.342. The number of aromatic nitrogens is 1. The molecule has 0 saturated carbocycles. The maximum absolute atomic E-state index is 5.64. The number of nitrogens with one attached hydrogen (secondary N) is 1. The molecular weight excluding hydrogens is 456 g/mol. The predicted octanol–water partition coefficient (Wildman–Crippen LogP) is 6.18. The number of methoxy groups -OCH3 is 3. The number of para-hydroxylation sites is 1. The Bertz CT molecular complexity index is 1170. The SMILES string of the molecule is COc1cc(C(c2c[nH]c3ccc(Br)cc23)N(C)c2ccccc2)cc(OC)c1OC. The summed E-state index contributed by atoms with van der Waals surface area (Å²) in [6.45, 7) is 0. The number of aromatic amines is 1. The minimum Gasteiger partial charge on any atom is -0.493 e. The van der Waals surface area contributed by atoms with Gasteiger partial charge in [-0.05, 0) is 48.0 Å². The highest BCUT2D eigenvalue weighted by Crippen LogP contribution is 2.44. The van der Waals surface area contributed by atoms with E-state index in [9.17, 15) is 0 Å². The zero-order valence-electron chi connectivity index (χ0n) is 18.0. The van der Waals surface area contributed by atoms with Crippen molar-refractivity contribution in [1.82, 2.24) is 4.98 Å². The molecule has 0 fully saturated rings. The number of hydrogen-bond acceptors (Lipinski definition) is 4. The van der Waals surface area contributed by atoms with Crippen LogP contribution in [0.25, 0.3) is 10.9 Å². The van der Waals surface area contributed by atoms with Crippen LogP contribution in [0, 0.1) is 0 Å². The van der Waals surface area contributed by atoms with Crippen molar-refractivity contribution in [3.63, 3.8) is 0 Å². The van der Waals surface area contributed by atoms with Gasteiger partial charge in [-0.3, -0.25) is 0 Å². The lowest BCUT2D eigenvalue weighted by molar-refractivity contribution is 0.323. The molecule has 1 unspecified atom stereocenters. The Hall–Kier alpha value is -3.12. The van der Waals surface area contributed by atoms with Gasteiger partial charge in [0.2, 0.25) is 5.75 Å². The second kappa shape index (κ2) is 8.94. The summed E-state index contributed by atoms with van der Waals surface area (Å²) in [5.41, 5.74) is 4.36. The molecule has 0 bridgehead atoms. The van der Waals surface area contributed by atoms with Crippen LogP contribution in [0.15, 0.2) is 71.3 Å². The Kier molecular flexibility index (Phi) is 6.09. The maximum atomic E-state index is 5.64. The molecule has 1 aromatic heterocycles. The molecule has 0 amide bonds. The van der Waals surface area contributed by atoms with Crippen LogP contribution in [0.2, 0.25) is 0 Å². The average Bonchev–Trinajstić information content (AvgIpc) is 3.21. The normalized spacial score (nSPS) is 11.9. The van der Waals surface area contributed by atoms with Gasteiger partial charge >= 0.3 is 0 Å². The first-order valence-corrected chi connectivity index (χ1v) is 10.7.